The van der Waals surface area contributed by atoms with Crippen molar-refractivity contribution in [3.8, 4) is 0 Å². The molecule has 0 aromatic rings. The van der Waals surface area contributed by atoms with Gasteiger partial charge < -0.3 is 33.2 Å². The van der Waals surface area contributed by atoms with Gasteiger partial charge in [-0.25, -0.2) is 0 Å². The molecule has 7 heteroatoms. The molecule has 0 saturated carbocycles. The van der Waals surface area contributed by atoms with E-state index in [2.05, 4.69) is 53.7 Å². The number of rotatable bonds is 38. The van der Waals surface area contributed by atoms with Crippen LogP contribution in [0.4, 0.5) is 0 Å². The summed E-state index contributed by atoms with van der Waals surface area (Å²) in [5.74, 6) is 0. The molecule has 0 heterocycles. The predicted octanol–water partition coefficient (Wildman–Crippen LogP) is 11.4. The van der Waals surface area contributed by atoms with Crippen molar-refractivity contribution in [3.63, 3.8) is 0 Å². The van der Waals surface area contributed by atoms with E-state index >= 15 is 0 Å². The molecule has 0 bridgehead atoms. The minimum absolute atomic E-state index is 0.171. The highest BCUT2D eigenvalue weighted by Gasteiger charge is 2.15. The first-order valence-corrected chi connectivity index (χ1v) is 19.8. The second kappa shape index (κ2) is 38.0. The zero-order valence-corrected chi connectivity index (χ0v) is 31.9. The standard InChI is InChI=1S/C40H78O7/c1-7-13-19-25-35-45-39(29-23-21-27-37(41-31-15-9-3)42-32-16-10-4)47-40(46-36-26-20-14-8-2)30-24-22-28-38(43-33-17-11-5)44-34-18-12-6/h23-24,29-30,37-40H,7-22,25-28,31-36H2,1-6H3. The van der Waals surface area contributed by atoms with Crippen molar-refractivity contribution < 1.29 is 33.2 Å². The summed E-state index contributed by atoms with van der Waals surface area (Å²) in [5.41, 5.74) is 0. The summed E-state index contributed by atoms with van der Waals surface area (Å²) in [6.07, 6.45) is 28.2. The molecule has 0 rings (SSSR count). The van der Waals surface area contributed by atoms with Gasteiger partial charge >= 0.3 is 0 Å². The molecule has 0 aliphatic carbocycles. The zero-order chi connectivity index (χ0) is 34.5. The van der Waals surface area contributed by atoms with Crippen LogP contribution < -0.4 is 0 Å². The predicted molar refractivity (Wildman–Crippen MR) is 197 cm³/mol. The molecule has 47 heavy (non-hydrogen) atoms. The van der Waals surface area contributed by atoms with E-state index in [4.69, 9.17) is 33.2 Å². The van der Waals surface area contributed by atoms with Crippen LogP contribution in [0.5, 0.6) is 0 Å². The molecule has 280 valence electrons. The molecule has 0 aromatic heterocycles. The maximum absolute atomic E-state index is 6.45. The van der Waals surface area contributed by atoms with Gasteiger partial charge in [0.25, 0.3) is 0 Å². The third-order valence-electron chi connectivity index (χ3n) is 7.76. The summed E-state index contributed by atoms with van der Waals surface area (Å²) >= 11 is 0. The molecule has 0 radical (unpaired) electrons. The Morgan fingerprint density at radius 1 is 0.362 bits per heavy atom. The number of ether oxygens (including phenoxy) is 7. The zero-order valence-electron chi connectivity index (χ0n) is 31.9. The Kier molecular flexibility index (Phi) is 37.4. The summed E-state index contributed by atoms with van der Waals surface area (Å²) < 4.78 is 43.1. The van der Waals surface area contributed by atoms with Crippen molar-refractivity contribution in [2.75, 3.05) is 39.6 Å². The van der Waals surface area contributed by atoms with Crippen LogP contribution in [0.1, 0.15) is 170 Å². The smallest absolute Gasteiger partial charge is 0.180 e. The van der Waals surface area contributed by atoms with E-state index in [0.717, 1.165) is 129 Å². The summed E-state index contributed by atoms with van der Waals surface area (Å²) in [6, 6.07) is 0. The van der Waals surface area contributed by atoms with Gasteiger partial charge in [-0.05, 0) is 63.5 Å². The molecular formula is C40H78O7. The number of allylic oxidation sites excluding steroid dienone is 2. The molecule has 2 unspecified atom stereocenters. The summed E-state index contributed by atoms with van der Waals surface area (Å²) in [7, 11) is 0. The Labute approximate surface area is 291 Å². The molecule has 0 saturated heterocycles. The van der Waals surface area contributed by atoms with Crippen LogP contribution >= 0.6 is 0 Å². The Hall–Kier alpha value is -0.800. The largest absolute Gasteiger partial charge is 0.353 e. The SMILES string of the molecule is CCCCCCOC(C=CCCC(OCCCC)OCCCC)OC(C=CCCC(OCCCC)OCCCC)OCCCCCC. The minimum atomic E-state index is -0.482. The maximum Gasteiger partial charge on any atom is 0.180 e. The fourth-order valence-corrected chi connectivity index (χ4v) is 4.61. The first kappa shape index (κ1) is 46.2. The summed E-state index contributed by atoms with van der Waals surface area (Å²) in [6.45, 7) is 17.5. The lowest BCUT2D eigenvalue weighted by molar-refractivity contribution is -0.208. The lowest BCUT2D eigenvalue weighted by atomic mass is 10.2. The lowest BCUT2D eigenvalue weighted by Crippen LogP contribution is -2.25. The van der Waals surface area contributed by atoms with E-state index in [1.807, 2.05) is 12.2 Å². The quantitative estimate of drug-likeness (QED) is 0.0368. The maximum atomic E-state index is 6.45. The molecular weight excluding hydrogens is 592 g/mol. The molecule has 0 aliphatic rings. The summed E-state index contributed by atoms with van der Waals surface area (Å²) in [4.78, 5) is 0. The summed E-state index contributed by atoms with van der Waals surface area (Å²) in [5, 5.41) is 0. The topological polar surface area (TPSA) is 64.6 Å². The van der Waals surface area contributed by atoms with Gasteiger partial charge in [0.05, 0.1) is 13.2 Å². The molecule has 0 fully saturated rings. The highest BCUT2D eigenvalue weighted by atomic mass is 16.8. The van der Waals surface area contributed by atoms with Gasteiger partial charge in [-0.15, -0.1) is 0 Å². The highest BCUT2D eigenvalue weighted by molar-refractivity contribution is 4.90. The third-order valence-corrected chi connectivity index (χ3v) is 7.76. The second-order valence-corrected chi connectivity index (χ2v) is 12.5. The number of hydrogen-bond donors (Lipinski definition) is 0. The Morgan fingerprint density at radius 3 is 1.00 bits per heavy atom. The third kappa shape index (κ3) is 32.2. The van der Waals surface area contributed by atoms with Crippen LogP contribution in [-0.4, -0.2) is 64.8 Å². The first-order valence-electron chi connectivity index (χ1n) is 19.8. The molecule has 2 atom stereocenters. The highest BCUT2D eigenvalue weighted by Crippen LogP contribution is 2.14. The molecule has 0 spiro atoms. The second-order valence-electron chi connectivity index (χ2n) is 12.5. The van der Waals surface area contributed by atoms with Crippen LogP contribution in [0, 0.1) is 0 Å². The molecule has 0 amide bonds. The Balaban J connectivity index is 5.39. The van der Waals surface area contributed by atoms with E-state index < -0.39 is 12.6 Å². The van der Waals surface area contributed by atoms with Gasteiger partial charge in [0, 0.05) is 39.3 Å². The van der Waals surface area contributed by atoms with Crippen LogP contribution in [0.3, 0.4) is 0 Å². The van der Waals surface area contributed by atoms with E-state index in [1.165, 1.54) is 25.7 Å². The molecule has 0 aromatic carbocycles. The van der Waals surface area contributed by atoms with Crippen molar-refractivity contribution >= 4 is 0 Å². The van der Waals surface area contributed by atoms with Crippen LogP contribution in [-0.2, 0) is 33.2 Å². The van der Waals surface area contributed by atoms with Crippen molar-refractivity contribution in [1.82, 2.24) is 0 Å². The van der Waals surface area contributed by atoms with Gasteiger partial charge in [-0.2, -0.15) is 0 Å². The Bertz CT molecular complexity index is 582. The van der Waals surface area contributed by atoms with Crippen molar-refractivity contribution in [3.05, 3.63) is 24.3 Å². The van der Waals surface area contributed by atoms with Gasteiger partial charge in [0.15, 0.2) is 25.2 Å². The fraction of sp³-hybridized carbons (Fsp3) is 0.900. The lowest BCUT2D eigenvalue weighted by Gasteiger charge is -2.22. The van der Waals surface area contributed by atoms with Gasteiger partial charge in [0.1, 0.15) is 0 Å². The van der Waals surface area contributed by atoms with E-state index in [1.54, 1.807) is 0 Å². The van der Waals surface area contributed by atoms with Gasteiger partial charge in [-0.3, -0.25) is 0 Å². The molecule has 0 aliphatic heterocycles. The first-order chi connectivity index (χ1) is 23.1. The molecule has 0 N–H and O–H groups in total. The van der Waals surface area contributed by atoms with Crippen molar-refractivity contribution in [2.45, 2.75) is 195 Å². The Morgan fingerprint density at radius 2 is 0.681 bits per heavy atom. The van der Waals surface area contributed by atoms with Gasteiger partial charge in [0.2, 0.25) is 0 Å². The number of unbranched alkanes of at least 4 members (excludes halogenated alkanes) is 10. The van der Waals surface area contributed by atoms with Crippen molar-refractivity contribution in [1.29, 1.82) is 0 Å². The normalized spacial score (nSPS) is 13.6. The van der Waals surface area contributed by atoms with Gasteiger partial charge in [-0.1, -0.05) is 118 Å². The molecule has 7 nitrogen and oxygen atoms in total. The van der Waals surface area contributed by atoms with E-state index in [-0.39, 0.29) is 12.6 Å². The van der Waals surface area contributed by atoms with Crippen LogP contribution in [0.15, 0.2) is 24.3 Å². The van der Waals surface area contributed by atoms with E-state index in [9.17, 15) is 0 Å². The minimum Gasteiger partial charge on any atom is -0.353 e. The average Bonchev–Trinajstić information content (AvgIpc) is 3.07. The van der Waals surface area contributed by atoms with Crippen molar-refractivity contribution in [2.24, 2.45) is 0 Å². The average molecular weight is 671 g/mol. The number of hydrogen-bond acceptors (Lipinski definition) is 7. The fourth-order valence-electron chi connectivity index (χ4n) is 4.61. The monoisotopic (exact) mass is 671 g/mol. The van der Waals surface area contributed by atoms with E-state index in [0.29, 0.717) is 13.2 Å². The van der Waals surface area contributed by atoms with Crippen LogP contribution in [0.25, 0.3) is 0 Å². The van der Waals surface area contributed by atoms with Crippen LogP contribution in [0.2, 0.25) is 0 Å².